The number of carbonyl (C=O) groups is 1. The maximum atomic E-state index is 12.1. The summed E-state index contributed by atoms with van der Waals surface area (Å²) in [6.07, 6.45) is -0.382. The van der Waals surface area contributed by atoms with Crippen molar-refractivity contribution < 1.29 is 14.3 Å². The molecule has 4 nitrogen and oxygen atoms in total. The van der Waals surface area contributed by atoms with Crippen molar-refractivity contribution in [1.29, 1.82) is 0 Å². The number of rotatable bonds is 0. The monoisotopic (exact) mass is 239 g/mol. The minimum Gasteiger partial charge on any atom is -0.444 e. The second-order valence-electron chi connectivity index (χ2n) is 5.52. The summed E-state index contributed by atoms with van der Waals surface area (Å²) in [5.41, 5.74) is -1.18. The molecule has 0 saturated carbocycles. The van der Waals surface area contributed by atoms with Crippen molar-refractivity contribution in [2.45, 2.75) is 58.9 Å². The van der Waals surface area contributed by atoms with E-state index < -0.39 is 11.3 Å². The minimum absolute atomic E-state index is 0.232. The van der Waals surface area contributed by atoms with Crippen LogP contribution in [-0.2, 0) is 9.47 Å². The average Bonchev–Trinajstić information content (AvgIpc) is 2.39. The van der Waals surface area contributed by atoms with E-state index in [2.05, 4.69) is 11.8 Å². The molecule has 0 radical (unpaired) electrons. The summed E-state index contributed by atoms with van der Waals surface area (Å²) >= 11 is 0. The summed E-state index contributed by atoms with van der Waals surface area (Å²) in [5, 5.41) is 0. The summed E-state index contributed by atoms with van der Waals surface area (Å²) < 4.78 is 10.9. The van der Waals surface area contributed by atoms with Crippen molar-refractivity contribution in [3.8, 4) is 11.8 Å². The van der Waals surface area contributed by atoms with E-state index in [1.54, 1.807) is 11.8 Å². The van der Waals surface area contributed by atoms with Crippen LogP contribution in [0.25, 0.3) is 0 Å². The lowest BCUT2D eigenvalue weighted by molar-refractivity contribution is -0.0608. The third-order valence-corrected chi connectivity index (χ3v) is 2.39. The molecule has 1 aliphatic heterocycles. The fourth-order valence-corrected chi connectivity index (χ4v) is 1.73. The zero-order valence-electron chi connectivity index (χ0n) is 11.5. The molecule has 17 heavy (non-hydrogen) atoms. The fourth-order valence-electron chi connectivity index (χ4n) is 1.73. The molecule has 0 spiro atoms. The smallest absolute Gasteiger partial charge is 0.413 e. The molecule has 4 heteroatoms. The third kappa shape index (κ3) is 3.37. The maximum Gasteiger partial charge on any atom is 0.413 e. The van der Waals surface area contributed by atoms with Crippen LogP contribution in [0, 0.1) is 11.8 Å². The van der Waals surface area contributed by atoms with Gasteiger partial charge in [-0.3, -0.25) is 4.90 Å². The molecule has 0 aromatic heterocycles. The highest BCUT2D eigenvalue weighted by Gasteiger charge is 2.45. The van der Waals surface area contributed by atoms with Crippen LogP contribution in [0.4, 0.5) is 4.79 Å². The highest BCUT2D eigenvalue weighted by molar-refractivity contribution is 5.70. The molecule has 0 unspecified atom stereocenters. The molecule has 0 aliphatic carbocycles. The number of amides is 1. The van der Waals surface area contributed by atoms with Gasteiger partial charge in [0.1, 0.15) is 17.4 Å². The van der Waals surface area contributed by atoms with E-state index in [1.165, 1.54) is 0 Å². The lowest BCUT2D eigenvalue weighted by Gasteiger charge is -2.33. The molecule has 0 aromatic carbocycles. The van der Waals surface area contributed by atoms with Gasteiger partial charge in [-0.05, 0) is 41.5 Å². The topological polar surface area (TPSA) is 38.8 Å². The van der Waals surface area contributed by atoms with Crippen LogP contribution in [0.2, 0.25) is 0 Å². The van der Waals surface area contributed by atoms with E-state index in [9.17, 15) is 4.79 Å². The first-order valence-electron chi connectivity index (χ1n) is 5.76. The van der Waals surface area contributed by atoms with Gasteiger partial charge in [-0.25, -0.2) is 4.79 Å². The van der Waals surface area contributed by atoms with Crippen LogP contribution in [0.5, 0.6) is 0 Å². The Morgan fingerprint density at radius 2 is 2.06 bits per heavy atom. The van der Waals surface area contributed by atoms with Crippen molar-refractivity contribution in [3.05, 3.63) is 0 Å². The van der Waals surface area contributed by atoms with Gasteiger partial charge >= 0.3 is 6.09 Å². The number of hydrogen-bond acceptors (Lipinski definition) is 3. The van der Waals surface area contributed by atoms with E-state index in [4.69, 9.17) is 9.47 Å². The molecular formula is C13H21NO3. The summed E-state index contributed by atoms with van der Waals surface area (Å²) in [7, 11) is 0. The van der Waals surface area contributed by atoms with Crippen LogP contribution in [-0.4, -0.2) is 35.0 Å². The number of nitrogens with zero attached hydrogens (tertiary/aromatic N) is 1. The van der Waals surface area contributed by atoms with Crippen molar-refractivity contribution in [2.75, 3.05) is 6.61 Å². The molecule has 1 fully saturated rings. The molecule has 1 heterocycles. The van der Waals surface area contributed by atoms with Gasteiger partial charge < -0.3 is 9.47 Å². The highest BCUT2D eigenvalue weighted by atomic mass is 16.6. The number of carbonyl (C=O) groups excluding carboxylic acids is 1. The third-order valence-electron chi connectivity index (χ3n) is 2.39. The summed E-state index contributed by atoms with van der Waals surface area (Å²) in [6.45, 7) is 11.4. The SMILES string of the molecule is CC#C[C@@H]1COC(C)(C)N1C(=O)OC(C)(C)C. The van der Waals surface area contributed by atoms with Gasteiger partial charge in [-0.2, -0.15) is 0 Å². The van der Waals surface area contributed by atoms with E-state index in [1.807, 2.05) is 34.6 Å². The van der Waals surface area contributed by atoms with Crippen LogP contribution < -0.4 is 0 Å². The first-order valence-corrected chi connectivity index (χ1v) is 5.76. The van der Waals surface area contributed by atoms with E-state index in [0.717, 1.165) is 0 Å². The predicted molar refractivity (Wildman–Crippen MR) is 65.3 cm³/mol. The van der Waals surface area contributed by atoms with Crippen molar-refractivity contribution in [2.24, 2.45) is 0 Å². The van der Waals surface area contributed by atoms with Gasteiger partial charge in [0.25, 0.3) is 0 Å². The van der Waals surface area contributed by atoms with Crippen LogP contribution >= 0.6 is 0 Å². The van der Waals surface area contributed by atoms with Gasteiger partial charge in [0.2, 0.25) is 0 Å². The summed E-state index contributed by atoms with van der Waals surface area (Å²) in [5.74, 6) is 5.78. The molecule has 1 aliphatic rings. The summed E-state index contributed by atoms with van der Waals surface area (Å²) in [4.78, 5) is 13.7. The fraction of sp³-hybridized carbons (Fsp3) is 0.769. The Hall–Kier alpha value is -1.21. The Morgan fingerprint density at radius 1 is 1.47 bits per heavy atom. The molecule has 1 atom stereocenters. The average molecular weight is 239 g/mol. The lowest BCUT2D eigenvalue weighted by atomic mass is 10.2. The standard InChI is InChI=1S/C13H21NO3/c1-7-8-10-9-16-13(5,6)14(10)11(15)17-12(2,3)4/h10H,9H2,1-6H3/t10-/m1/s1. The first-order chi connectivity index (χ1) is 7.67. The molecular weight excluding hydrogens is 218 g/mol. The normalized spacial score (nSPS) is 22.9. The van der Waals surface area contributed by atoms with Gasteiger partial charge in [-0.1, -0.05) is 5.92 Å². The van der Waals surface area contributed by atoms with Crippen molar-refractivity contribution in [1.82, 2.24) is 4.90 Å². The summed E-state index contributed by atoms with van der Waals surface area (Å²) in [6, 6.07) is -0.232. The molecule has 1 amide bonds. The van der Waals surface area contributed by atoms with Gasteiger partial charge in [0.15, 0.2) is 0 Å². The van der Waals surface area contributed by atoms with Crippen LogP contribution in [0.3, 0.4) is 0 Å². The van der Waals surface area contributed by atoms with E-state index in [-0.39, 0.29) is 12.1 Å². The van der Waals surface area contributed by atoms with Gasteiger partial charge in [-0.15, -0.1) is 5.92 Å². The first kappa shape index (κ1) is 13.9. The molecule has 0 N–H and O–H groups in total. The highest BCUT2D eigenvalue weighted by Crippen LogP contribution is 2.28. The van der Waals surface area contributed by atoms with Crippen molar-refractivity contribution in [3.63, 3.8) is 0 Å². The van der Waals surface area contributed by atoms with E-state index in [0.29, 0.717) is 6.61 Å². The molecule has 1 saturated heterocycles. The largest absolute Gasteiger partial charge is 0.444 e. The van der Waals surface area contributed by atoms with Gasteiger partial charge in [0, 0.05) is 0 Å². The van der Waals surface area contributed by atoms with Crippen molar-refractivity contribution >= 4 is 6.09 Å². The minimum atomic E-state index is -0.670. The van der Waals surface area contributed by atoms with Crippen LogP contribution in [0.15, 0.2) is 0 Å². The second kappa shape index (κ2) is 4.58. The van der Waals surface area contributed by atoms with E-state index >= 15 is 0 Å². The number of hydrogen-bond donors (Lipinski definition) is 0. The zero-order valence-corrected chi connectivity index (χ0v) is 11.5. The second-order valence-corrected chi connectivity index (χ2v) is 5.52. The van der Waals surface area contributed by atoms with Gasteiger partial charge in [0.05, 0.1) is 6.61 Å². The molecule has 0 aromatic rings. The molecule has 1 rings (SSSR count). The Kier molecular flexibility index (Phi) is 3.73. The number of ether oxygens (including phenoxy) is 2. The van der Waals surface area contributed by atoms with Crippen LogP contribution in [0.1, 0.15) is 41.5 Å². The quantitative estimate of drug-likeness (QED) is 0.609. The Labute approximate surface area is 103 Å². The predicted octanol–water partition coefficient (Wildman–Crippen LogP) is 2.38. The Morgan fingerprint density at radius 3 is 2.53 bits per heavy atom. The molecule has 0 bridgehead atoms. The zero-order chi connectivity index (χ0) is 13.3. The lowest BCUT2D eigenvalue weighted by Crippen LogP contribution is -2.49. The Balaban J connectivity index is 2.89. The molecule has 96 valence electrons. The maximum absolute atomic E-state index is 12.1. The Bertz CT molecular complexity index is 357.